The van der Waals surface area contributed by atoms with Crippen molar-refractivity contribution >= 4 is 43.2 Å². The molecule has 0 aliphatic carbocycles. The monoisotopic (exact) mass is 392 g/mol. The van der Waals surface area contributed by atoms with Crippen LogP contribution in [-0.4, -0.2) is 14.9 Å². The van der Waals surface area contributed by atoms with Crippen LogP contribution < -0.4 is 0 Å². The lowest BCUT2D eigenvalue weighted by molar-refractivity contribution is 0.179. The van der Waals surface area contributed by atoms with Gasteiger partial charge in [0.05, 0.1) is 25.8 Å². The van der Waals surface area contributed by atoms with Crippen molar-refractivity contribution in [3.05, 3.63) is 36.2 Å². The van der Waals surface area contributed by atoms with Crippen molar-refractivity contribution in [1.29, 1.82) is 0 Å². The summed E-state index contributed by atoms with van der Waals surface area (Å²) in [7, 11) is 1.90. The first kappa shape index (κ1) is 14.2. The molecule has 0 aromatic carbocycles. The Bertz CT molecular complexity index is 557. The zero-order valence-electron chi connectivity index (χ0n) is 10.4. The van der Waals surface area contributed by atoms with Crippen LogP contribution >= 0.6 is 43.2 Å². The Hall–Kier alpha value is -0.170. The summed E-state index contributed by atoms with van der Waals surface area (Å²) >= 11 is 8.59. The predicted molar refractivity (Wildman–Crippen MR) is 81.1 cm³/mol. The molecule has 2 rings (SSSR count). The number of aliphatic hydroxyl groups excluding tert-OH is 1. The van der Waals surface area contributed by atoms with Gasteiger partial charge in [0.1, 0.15) is 0 Å². The van der Waals surface area contributed by atoms with E-state index in [1.165, 1.54) is 0 Å². The highest BCUT2D eigenvalue weighted by molar-refractivity contribution is 9.11. The van der Waals surface area contributed by atoms with Crippen molar-refractivity contribution in [3.63, 3.8) is 0 Å². The lowest BCUT2D eigenvalue weighted by Crippen LogP contribution is -2.05. The highest BCUT2D eigenvalue weighted by Gasteiger charge is 2.18. The molecule has 0 bridgehead atoms. The second-order valence-electron chi connectivity index (χ2n) is 4.30. The molecule has 0 saturated carbocycles. The summed E-state index contributed by atoms with van der Waals surface area (Å²) in [5.74, 6) is 0. The van der Waals surface area contributed by atoms with E-state index in [1.807, 2.05) is 31.6 Å². The first-order chi connectivity index (χ1) is 8.40. The fourth-order valence-corrected chi connectivity index (χ4v) is 3.89. The van der Waals surface area contributed by atoms with Gasteiger partial charge in [0.2, 0.25) is 0 Å². The average molecular weight is 394 g/mol. The van der Waals surface area contributed by atoms with Gasteiger partial charge in [-0.1, -0.05) is 0 Å². The quantitative estimate of drug-likeness (QED) is 0.858. The summed E-state index contributed by atoms with van der Waals surface area (Å²) < 4.78 is 3.88. The zero-order chi connectivity index (χ0) is 13.4. The number of thiophene rings is 1. The number of aryl methyl sites for hydroxylation is 3. The zero-order valence-corrected chi connectivity index (χ0v) is 14.4. The van der Waals surface area contributed by atoms with Crippen LogP contribution in [0.1, 0.15) is 27.9 Å². The molecular weight excluding hydrogens is 380 g/mol. The van der Waals surface area contributed by atoms with Gasteiger partial charge in [-0.15, -0.1) is 11.3 Å². The van der Waals surface area contributed by atoms with Gasteiger partial charge in [0.25, 0.3) is 0 Å². The van der Waals surface area contributed by atoms with Crippen LogP contribution in [-0.2, 0) is 13.5 Å². The molecule has 0 fully saturated rings. The molecule has 0 radical (unpaired) electrons. The van der Waals surface area contributed by atoms with Gasteiger partial charge in [-0.2, -0.15) is 5.10 Å². The Morgan fingerprint density at radius 2 is 2.11 bits per heavy atom. The molecule has 2 heterocycles. The van der Waals surface area contributed by atoms with E-state index in [2.05, 4.69) is 37.0 Å². The first-order valence-electron chi connectivity index (χ1n) is 5.52. The third-order valence-corrected chi connectivity index (χ3v) is 6.12. The Labute approximate surface area is 127 Å². The van der Waals surface area contributed by atoms with Gasteiger partial charge < -0.3 is 5.11 Å². The number of aromatic nitrogens is 2. The van der Waals surface area contributed by atoms with Crippen LogP contribution in [0.2, 0.25) is 0 Å². The minimum atomic E-state index is -0.494. The normalized spacial score (nSPS) is 13.0. The highest BCUT2D eigenvalue weighted by atomic mass is 79.9. The smallest absolute Gasteiger partial charge is 0.0938 e. The maximum Gasteiger partial charge on any atom is 0.0938 e. The van der Waals surface area contributed by atoms with E-state index >= 15 is 0 Å². The summed E-state index contributed by atoms with van der Waals surface area (Å²) in [5.41, 5.74) is 3.12. The molecule has 3 nitrogen and oxygen atoms in total. The van der Waals surface area contributed by atoms with Gasteiger partial charge in [0, 0.05) is 18.3 Å². The van der Waals surface area contributed by atoms with Crippen molar-refractivity contribution in [3.8, 4) is 0 Å². The summed E-state index contributed by atoms with van der Waals surface area (Å²) in [6.45, 7) is 3.98. The first-order valence-corrected chi connectivity index (χ1v) is 7.92. The Kier molecular flexibility index (Phi) is 4.31. The fourth-order valence-electron chi connectivity index (χ4n) is 1.83. The molecule has 0 spiro atoms. The maximum absolute atomic E-state index is 10.3. The van der Waals surface area contributed by atoms with Crippen molar-refractivity contribution in [2.75, 3.05) is 0 Å². The minimum Gasteiger partial charge on any atom is -0.387 e. The summed E-state index contributed by atoms with van der Waals surface area (Å²) in [6, 6.07) is 2.02. The van der Waals surface area contributed by atoms with Crippen molar-refractivity contribution in [2.24, 2.45) is 7.05 Å². The third-order valence-electron chi connectivity index (χ3n) is 2.85. The van der Waals surface area contributed by atoms with Crippen molar-refractivity contribution in [2.45, 2.75) is 26.4 Å². The van der Waals surface area contributed by atoms with E-state index in [-0.39, 0.29) is 0 Å². The van der Waals surface area contributed by atoms with E-state index in [1.54, 1.807) is 11.3 Å². The van der Waals surface area contributed by atoms with E-state index in [0.29, 0.717) is 6.42 Å². The molecule has 2 aromatic rings. The third kappa shape index (κ3) is 2.71. The molecule has 0 aliphatic rings. The van der Waals surface area contributed by atoms with Gasteiger partial charge in [0.15, 0.2) is 0 Å². The van der Waals surface area contributed by atoms with Crippen LogP contribution in [0.25, 0.3) is 0 Å². The molecule has 18 heavy (non-hydrogen) atoms. The second-order valence-corrected chi connectivity index (χ2v) is 7.49. The molecular formula is C12H14Br2N2OS. The van der Waals surface area contributed by atoms with Crippen LogP contribution in [0.3, 0.4) is 0 Å². The van der Waals surface area contributed by atoms with E-state index < -0.39 is 6.10 Å². The number of rotatable bonds is 3. The summed E-state index contributed by atoms with van der Waals surface area (Å²) in [5, 5.41) is 14.6. The lowest BCUT2D eigenvalue weighted by atomic mass is 10.1. The molecule has 2 aromatic heterocycles. The molecule has 0 saturated heterocycles. The molecule has 1 N–H and O–H groups in total. The van der Waals surface area contributed by atoms with Gasteiger partial charge >= 0.3 is 0 Å². The van der Waals surface area contributed by atoms with Crippen LogP contribution in [0.15, 0.2) is 14.3 Å². The lowest BCUT2D eigenvalue weighted by Gasteiger charge is -2.09. The maximum atomic E-state index is 10.3. The number of hydrogen-bond acceptors (Lipinski definition) is 3. The van der Waals surface area contributed by atoms with E-state index in [9.17, 15) is 5.11 Å². The van der Waals surface area contributed by atoms with E-state index in [0.717, 1.165) is 30.1 Å². The number of aliphatic hydroxyl groups is 1. The van der Waals surface area contributed by atoms with E-state index in [4.69, 9.17) is 0 Å². The van der Waals surface area contributed by atoms with Crippen molar-refractivity contribution < 1.29 is 5.11 Å². The molecule has 1 atom stereocenters. The largest absolute Gasteiger partial charge is 0.387 e. The van der Waals surface area contributed by atoms with Crippen molar-refractivity contribution in [1.82, 2.24) is 9.78 Å². The fraction of sp³-hybridized carbons (Fsp3) is 0.417. The molecule has 0 aliphatic heterocycles. The Balaban J connectivity index is 2.23. The standard InChI is InChI=1S/C12H14Br2N2OS/c1-6-4-10(18-12(6)14)9(17)5-8-11(13)7(2)15-16(8)3/h4,9,17H,5H2,1-3H3. The highest BCUT2D eigenvalue weighted by Crippen LogP contribution is 2.34. The SMILES string of the molecule is Cc1cc(C(O)Cc2c(Br)c(C)nn2C)sc1Br. The van der Waals surface area contributed by atoms with Crippen LogP contribution in [0.4, 0.5) is 0 Å². The minimum absolute atomic E-state index is 0.494. The van der Waals surface area contributed by atoms with Crippen LogP contribution in [0.5, 0.6) is 0 Å². The number of hydrogen-bond donors (Lipinski definition) is 1. The molecule has 6 heteroatoms. The number of nitrogens with zero attached hydrogens (tertiary/aromatic N) is 2. The van der Waals surface area contributed by atoms with Gasteiger partial charge in [-0.3, -0.25) is 4.68 Å². The molecule has 1 unspecified atom stereocenters. The Morgan fingerprint density at radius 3 is 2.56 bits per heavy atom. The Morgan fingerprint density at radius 1 is 1.44 bits per heavy atom. The topological polar surface area (TPSA) is 38.1 Å². The number of halogens is 2. The average Bonchev–Trinajstić information content (AvgIpc) is 2.75. The van der Waals surface area contributed by atoms with Gasteiger partial charge in [-0.25, -0.2) is 0 Å². The van der Waals surface area contributed by atoms with Crippen LogP contribution in [0, 0.1) is 13.8 Å². The second kappa shape index (κ2) is 5.45. The molecule has 98 valence electrons. The summed E-state index contributed by atoms with van der Waals surface area (Å²) in [4.78, 5) is 0.977. The predicted octanol–water partition coefficient (Wildman–Crippen LogP) is 3.90. The summed E-state index contributed by atoms with van der Waals surface area (Å²) in [6.07, 6.45) is 0.0655. The van der Waals surface area contributed by atoms with Gasteiger partial charge in [-0.05, 0) is 57.3 Å². The molecule has 0 amide bonds.